The molecule has 3 rings (SSSR count). The maximum atomic E-state index is 13.0. The first-order valence-electron chi connectivity index (χ1n) is 7.93. The number of thiophene rings is 1. The zero-order chi connectivity index (χ0) is 18.3. The Balaban J connectivity index is 2.16. The first-order valence-corrected chi connectivity index (χ1v) is 8.75. The van der Waals surface area contributed by atoms with Gasteiger partial charge >= 0.3 is 5.69 Å². The van der Waals surface area contributed by atoms with Crippen molar-refractivity contribution in [3.63, 3.8) is 0 Å². The minimum atomic E-state index is -0.399. The second kappa shape index (κ2) is 6.33. The average Bonchev–Trinajstić information content (AvgIpc) is 3.06. The lowest BCUT2D eigenvalue weighted by atomic mass is 10.1. The molecule has 7 heteroatoms. The van der Waals surface area contributed by atoms with Gasteiger partial charge < -0.3 is 4.90 Å². The van der Waals surface area contributed by atoms with E-state index in [1.807, 2.05) is 38.1 Å². The Kier molecular flexibility index (Phi) is 4.34. The molecule has 0 aliphatic heterocycles. The van der Waals surface area contributed by atoms with Gasteiger partial charge in [-0.25, -0.2) is 4.79 Å². The summed E-state index contributed by atoms with van der Waals surface area (Å²) in [7, 11) is 3.04. The van der Waals surface area contributed by atoms with E-state index in [0.717, 1.165) is 15.8 Å². The largest absolute Gasteiger partial charge is 0.331 e. The van der Waals surface area contributed by atoms with Gasteiger partial charge in [-0.2, -0.15) is 0 Å². The van der Waals surface area contributed by atoms with Crippen molar-refractivity contribution in [1.29, 1.82) is 0 Å². The van der Waals surface area contributed by atoms with Crippen molar-refractivity contribution in [3.8, 4) is 0 Å². The summed E-state index contributed by atoms with van der Waals surface area (Å²) in [5, 5.41) is 0.388. The molecule has 2 aromatic heterocycles. The zero-order valence-corrected chi connectivity index (χ0v) is 15.4. The Morgan fingerprint density at radius 1 is 1.16 bits per heavy atom. The highest BCUT2D eigenvalue weighted by molar-refractivity contribution is 7.20. The van der Waals surface area contributed by atoms with Crippen LogP contribution in [0.2, 0.25) is 0 Å². The van der Waals surface area contributed by atoms with E-state index in [0.29, 0.717) is 21.6 Å². The van der Waals surface area contributed by atoms with E-state index < -0.39 is 5.69 Å². The molecular formula is C18H19N3O3S. The highest BCUT2D eigenvalue weighted by atomic mass is 32.1. The van der Waals surface area contributed by atoms with Gasteiger partial charge in [-0.3, -0.25) is 18.7 Å². The van der Waals surface area contributed by atoms with Gasteiger partial charge in [0.25, 0.3) is 11.5 Å². The number of para-hydroxylation sites is 1. The number of benzene rings is 1. The predicted octanol–water partition coefficient (Wildman–Crippen LogP) is 2.27. The Labute approximate surface area is 148 Å². The third-order valence-electron chi connectivity index (χ3n) is 4.30. The van der Waals surface area contributed by atoms with Crippen molar-refractivity contribution in [1.82, 2.24) is 9.13 Å². The van der Waals surface area contributed by atoms with E-state index in [-0.39, 0.29) is 11.5 Å². The number of rotatable bonds is 3. The number of hydrogen-bond donors (Lipinski definition) is 0. The summed E-state index contributed by atoms with van der Waals surface area (Å²) < 4.78 is 2.46. The number of aryl methyl sites for hydroxylation is 2. The number of carbonyl (C=O) groups excluding carboxylic acids is 1. The highest BCUT2D eigenvalue weighted by Gasteiger charge is 2.22. The minimum absolute atomic E-state index is 0.174. The molecule has 1 aromatic carbocycles. The van der Waals surface area contributed by atoms with Crippen LogP contribution in [0.4, 0.5) is 5.69 Å². The Hall–Kier alpha value is -2.67. The van der Waals surface area contributed by atoms with Gasteiger partial charge in [0.1, 0.15) is 4.83 Å². The molecule has 3 aromatic rings. The first kappa shape index (κ1) is 17.2. The molecule has 0 bridgehead atoms. The minimum Gasteiger partial charge on any atom is -0.308 e. The zero-order valence-electron chi connectivity index (χ0n) is 14.6. The molecule has 0 aliphatic rings. The molecule has 0 unspecified atom stereocenters. The van der Waals surface area contributed by atoms with E-state index in [9.17, 15) is 14.4 Å². The van der Waals surface area contributed by atoms with Crippen LogP contribution in [0.1, 0.15) is 22.2 Å². The van der Waals surface area contributed by atoms with Crippen LogP contribution >= 0.6 is 11.3 Å². The van der Waals surface area contributed by atoms with E-state index in [1.54, 1.807) is 18.0 Å². The molecule has 2 heterocycles. The molecule has 0 atom stereocenters. The number of carbonyl (C=O) groups is 1. The summed E-state index contributed by atoms with van der Waals surface area (Å²) in [5.74, 6) is -0.174. The van der Waals surface area contributed by atoms with Crippen LogP contribution in [-0.2, 0) is 14.1 Å². The third-order valence-corrected chi connectivity index (χ3v) is 5.50. The van der Waals surface area contributed by atoms with Gasteiger partial charge in [-0.15, -0.1) is 11.3 Å². The van der Waals surface area contributed by atoms with Crippen LogP contribution in [-0.4, -0.2) is 21.6 Å². The fourth-order valence-electron chi connectivity index (χ4n) is 2.89. The van der Waals surface area contributed by atoms with Gasteiger partial charge in [0.05, 0.1) is 10.3 Å². The fraction of sp³-hybridized carbons (Fsp3) is 0.278. The molecule has 0 saturated carbocycles. The predicted molar refractivity (Wildman–Crippen MR) is 101 cm³/mol. The molecule has 0 radical (unpaired) electrons. The summed E-state index contributed by atoms with van der Waals surface area (Å²) in [4.78, 5) is 40.1. The average molecular weight is 357 g/mol. The Bertz CT molecular complexity index is 1090. The van der Waals surface area contributed by atoms with Crippen LogP contribution in [0, 0.1) is 6.92 Å². The number of aromatic nitrogens is 2. The SMILES string of the molecule is CCN(C(=O)c1cc2c(=O)n(C)c(=O)n(C)c2s1)c1ccccc1C. The number of fused-ring (bicyclic) bond motifs is 1. The lowest BCUT2D eigenvalue weighted by molar-refractivity contribution is 0.0992. The van der Waals surface area contributed by atoms with Crippen LogP contribution in [0.5, 0.6) is 0 Å². The number of amides is 1. The summed E-state index contributed by atoms with van der Waals surface area (Å²) >= 11 is 1.17. The smallest absolute Gasteiger partial charge is 0.308 e. The molecule has 130 valence electrons. The lowest BCUT2D eigenvalue weighted by Gasteiger charge is -2.22. The standard InChI is InChI=1S/C18H19N3O3S/c1-5-21(13-9-7-6-8-11(13)2)16(23)14-10-12-15(22)19(3)18(24)20(4)17(12)25-14/h6-10H,5H2,1-4H3. The monoisotopic (exact) mass is 357 g/mol. The van der Waals surface area contributed by atoms with E-state index in [2.05, 4.69) is 0 Å². The fourth-order valence-corrected chi connectivity index (χ4v) is 3.95. The molecule has 0 N–H and O–H groups in total. The lowest BCUT2D eigenvalue weighted by Crippen LogP contribution is -2.36. The topological polar surface area (TPSA) is 64.3 Å². The van der Waals surface area contributed by atoms with Crippen molar-refractivity contribution in [2.45, 2.75) is 13.8 Å². The van der Waals surface area contributed by atoms with Crippen LogP contribution in [0.15, 0.2) is 39.9 Å². The van der Waals surface area contributed by atoms with E-state index in [4.69, 9.17) is 0 Å². The van der Waals surface area contributed by atoms with Crippen molar-refractivity contribution >= 4 is 33.1 Å². The second-order valence-electron chi connectivity index (χ2n) is 5.87. The van der Waals surface area contributed by atoms with Gasteiger partial charge in [-0.05, 0) is 31.5 Å². The summed E-state index contributed by atoms with van der Waals surface area (Å²) in [6.45, 7) is 4.37. The van der Waals surface area contributed by atoms with Crippen LogP contribution < -0.4 is 16.1 Å². The number of anilines is 1. The molecular weight excluding hydrogens is 338 g/mol. The van der Waals surface area contributed by atoms with Crippen molar-refractivity contribution in [3.05, 3.63) is 61.6 Å². The van der Waals surface area contributed by atoms with E-state index in [1.165, 1.54) is 23.0 Å². The molecule has 6 nitrogen and oxygen atoms in total. The third kappa shape index (κ3) is 2.70. The number of nitrogens with zero attached hydrogens (tertiary/aromatic N) is 3. The summed E-state index contributed by atoms with van der Waals surface area (Å²) in [5.41, 5.74) is 1.06. The van der Waals surface area contributed by atoms with Crippen molar-refractivity contribution in [2.75, 3.05) is 11.4 Å². The number of hydrogen-bond acceptors (Lipinski definition) is 4. The van der Waals surface area contributed by atoms with Gasteiger partial charge in [0, 0.05) is 26.3 Å². The molecule has 1 amide bonds. The summed E-state index contributed by atoms with van der Waals surface area (Å²) in [6.07, 6.45) is 0. The van der Waals surface area contributed by atoms with Crippen LogP contribution in [0.3, 0.4) is 0 Å². The molecule has 25 heavy (non-hydrogen) atoms. The quantitative estimate of drug-likeness (QED) is 0.722. The second-order valence-corrected chi connectivity index (χ2v) is 6.90. The molecule has 0 fully saturated rings. The molecule has 0 aliphatic carbocycles. The Morgan fingerprint density at radius 3 is 2.48 bits per heavy atom. The normalized spacial score (nSPS) is 11.0. The van der Waals surface area contributed by atoms with Gasteiger partial charge in [0.15, 0.2) is 0 Å². The maximum Gasteiger partial charge on any atom is 0.331 e. The molecule has 0 saturated heterocycles. The van der Waals surface area contributed by atoms with Crippen molar-refractivity contribution < 1.29 is 4.79 Å². The Morgan fingerprint density at radius 2 is 1.84 bits per heavy atom. The van der Waals surface area contributed by atoms with Gasteiger partial charge in [0.2, 0.25) is 0 Å². The summed E-state index contributed by atoms with van der Waals surface area (Å²) in [6, 6.07) is 9.26. The van der Waals surface area contributed by atoms with Gasteiger partial charge in [-0.1, -0.05) is 18.2 Å². The molecule has 0 spiro atoms. The van der Waals surface area contributed by atoms with E-state index >= 15 is 0 Å². The van der Waals surface area contributed by atoms with Crippen molar-refractivity contribution in [2.24, 2.45) is 14.1 Å². The first-order chi connectivity index (χ1) is 11.9. The maximum absolute atomic E-state index is 13.0. The van der Waals surface area contributed by atoms with Crippen LogP contribution in [0.25, 0.3) is 10.2 Å². The highest BCUT2D eigenvalue weighted by Crippen LogP contribution is 2.26.